The quantitative estimate of drug-likeness (QED) is 0.368. The number of carbonyl (C=O) groups excluding carboxylic acids is 1. The maximum atomic E-state index is 13.0. The lowest BCUT2D eigenvalue weighted by atomic mass is 10.1. The summed E-state index contributed by atoms with van der Waals surface area (Å²) in [7, 11) is 0. The summed E-state index contributed by atoms with van der Waals surface area (Å²) in [6, 6.07) is 19.7. The second-order valence-corrected chi connectivity index (χ2v) is 9.58. The Hall–Kier alpha value is -4.50. The summed E-state index contributed by atoms with van der Waals surface area (Å²) in [6.07, 6.45) is 7.10. The number of thioether (sulfide) groups is 1. The summed E-state index contributed by atoms with van der Waals surface area (Å²) < 4.78 is 8.03. The second-order valence-electron chi connectivity index (χ2n) is 8.62. The first-order valence-electron chi connectivity index (χ1n) is 11.7. The summed E-state index contributed by atoms with van der Waals surface area (Å²) >= 11 is 1.26. The van der Waals surface area contributed by atoms with Crippen LogP contribution in [0.5, 0.6) is 5.75 Å². The average molecular weight is 507 g/mol. The fourth-order valence-corrected chi connectivity index (χ4v) is 5.11. The number of nitrogens with one attached hydrogen (secondary N) is 1. The number of amidine groups is 2. The molecule has 0 fully saturated rings. The third-order valence-electron chi connectivity index (χ3n) is 6.10. The number of hydrogen-bond donors (Lipinski definition) is 1. The zero-order valence-electron chi connectivity index (χ0n) is 20.0. The number of nitrogens with zero attached hydrogens (tertiary/aromatic N) is 5. The molecule has 0 radical (unpaired) electrons. The topological polar surface area (TPSA) is 95.9 Å². The van der Waals surface area contributed by atoms with Gasteiger partial charge in [0, 0.05) is 40.6 Å². The zero-order chi connectivity index (χ0) is 25.4. The molecule has 182 valence electrons. The van der Waals surface area contributed by atoms with Crippen LogP contribution in [0.4, 0.5) is 0 Å². The van der Waals surface area contributed by atoms with Crippen LogP contribution in [0.25, 0.3) is 17.0 Å². The molecule has 0 atom stereocenters. The normalized spacial score (nSPS) is 16.2. The summed E-state index contributed by atoms with van der Waals surface area (Å²) in [6.45, 7) is 3.17. The zero-order valence-corrected chi connectivity index (χ0v) is 20.8. The van der Waals surface area contributed by atoms with Crippen molar-refractivity contribution in [3.05, 3.63) is 102 Å². The van der Waals surface area contributed by atoms with E-state index in [1.165, 1.54) is 22.3 Å². The molecule has 2 aromatic carbocycles. The number of amides is 1. The van der Waals surface area contributed by atoms with E-state index in [-0.39, 0.29) is 11.4 Å². The van der Waals surface area contributed by atoms with Gasteiger partial charge in [0.05, 0.1) is 12.1 Å². The number of para-hydroxylation sites is 1. The number of hydrazone groups is 1. The fourth-order valence-electron chi connectivity index (χ4n) is 4.23. The van der Waals surface area contributed by atoms with E-state index in [1.807, 2.05) is 73.8 Å². The molecule has 1 N–H and O–H groups in total. The van der Waals surface area contributed by atoms with Crippen molar-refractivity contribution in [2.45, 2.75) is 13.5 Å². The van der Waals surface area contributed by atoms with Crippen molar-refractivity contribution in [3.8, 4) is 5.75 Å². The molecule has 0 saturated heterocycles. The Morgan fingerprint density at radius 2 is 1.92 bits per heavy atom. The van der Waals surface area contributed by atoms with Crippen molar-refractivity contribution < 1.29 is 9.53 Å². The van der Waals surface area contributed by atoms with Crippen molar-refractivity contribution in [3.63, 3.8) is 0 Å². The number of benzene rings is 2. The van der Waals surface area contributed by atoms with E-state index in [9.17, 15) is 4.79 Å². The lowest BCUT2D eigenvalue weighted by molar-refractivity contribution is -0.114. The number of aliphatic imine (C=N–C) groups is 1. The number of fused-ring (bicyclic) bond motifs is 2. The smallest absolute Gasteiger partial charge is 0.283 e. The van der Waals surface area contributed by atoms with Gasteiger partial charge in [0.2, 0.25) is 5.17 Å². The third-order valence-corrected chi connectivity index (χ3v) is 7.06. The van der Waals surface area contributed by atoms with Crippen LogP contribution < -0.4 is 4.74 Å². The minimum atomic E-state index is -0.453. The Morgan fingerprint density at radius 3 is 2.73 bits per heavy atom. The van der Waals surface area contributed by atoms with Gasteiger partial charge in [-0.25, -0.2) is 0 Å². The Balaban J connectivity index is 1.28. The Bertz CT molecular complexity index is 1620. The van der Waals surface area contributed by atoms with Crippen LogP contribution in [0.3, 0.4) is 0 Å². The van der Waals surface area contributed by atoms with Gasteiger partial charge in [0.25, 0.3) is 5.91 Å². The lowest BCUT2D eigenvalue weighted by Crippen LogP contribution is -2.35. The standard InChI is InChI=1S/C28H22N6O2S/c1-18-8-10-21(11-9-18)36-14-13-33-17-20(22-6-2-3-7-24(22)33)15-23-25(29)34-28(31-26(23)35)37-27(32-34)19-5-4-12-30-16-19/h2-12,15-17,29H,13-14H2,1H3/b23-15+,29-25?. The minimum absolute atomic E-state index is 0.000857. The molecule has 2 aliphatic rings. The molecular formula is C28H22N6O2S. The highest BCUT2D eigenvalue weighted by atomic mass is 32.2. The lowest BCUT2D eigenvalue weighted by Gasteiger charge is -2.20. The molecule has 6 rings (SSSR count). The molecule has 0 spiro atoms. The van der Waals surface area contributed by atoms with E-state index >= 15 is 0 Å². The van der Waals surface area contributed by atoms with Gasteiger partial charge in [-0.15, -0.1) is 0 Å². The summed E-state index contributed by atoms with van der Waals surface area (Å²) in [5.41, 5.74) is 4.05. The molecule has 9 heteroatoms. The van der Waals surface area contributed by atoms with Crippen LogP contribution in [-0.2, 0) is 11.3 Å². The van der Waals surface area contributed by atoms with Gasteiger partial charge in [-0.2, -0.15) is 15.1 Å². The van der Waals surface area contributed by atoms with E-state index < -0.39 is 5.91 Å². The van der Waals surface area contributed by atoms with Crippen LogP contribution in [-0.4, -0.2) is 43.1 Å². The van der Waals surface area contributed by atoms with Gasteiger partial charge >= 0.3 is 0 Å². The first kappa shape index (κ1) is 22.9. The largest absolute Gasteiger partial charge is 0.492 e. The molecule has 37 heavy (non-hydrogen) atoms. The van der Waals surface area contributed by atoms with E-state index in [1.54, 1.807) is 18.5 Å². The van der Waals surface area contributed by atoms with Crippen LogP contribution in [0, 0.1) is 12.3 Å². The molecule has 2 aliphatic heterocycles. The van der Waals surface area contributed by atoms with E-state index in [0.717, 1.165) is 27.8 Å². The Morgan fingerprint density at radius 1 is 1.08 bits per heavy atom. The van der Waals surface area contributed by atoms with E-state index in [4.69, 9.17) is 10.1 Å². The van der Waals surface area contributed by atoms with Gasteiger partial charge in [-0.05, 0) is 55.1 Å². The van der Waals surface area contributed by atoms with E-state index in [0.29, 0.717) is 23.4 Å². The Labute approximate surface area is 217 Å². The molecule has 0 bridgehead atoms. The molecule has 4 aromatic rings. The average Bonchev–Trinajstić information content (AvgIpc) is 3.50. The maximum absolute atomic E-state index is 13.0. The highest BCUT2D eigenvalue weighted by molar-refractivity contribution is 8.27. The highest BCUT2D eigenvalue weighted by Gasteiger charge is 2.36. The number of hydrogen-bond acceptors (Lipinski definition) is 6. The van der Waals surface area contributed by atoms with Crippen molar-refractivity contribution in [1.82, 2.24) is 14.6 Å². The first-order chi connectivity index (χ1) is 18.1. The van der Waals surface area contributed by atoms with Crippen LogP contribution >= 0.6 is 11.8 Å². The number of aromatic nitrogens is 2. The predicted molar refractivity (Wildman–Crippen MR) is 147 cm³/mol. The number of ether oxygens (including phenoxy) is 1. The van der Waals surface area contributed by atoms with Crippen molar-refractivity contribution in [2.24, 2.45) is 10.1 Å². The van der Waals surface area contributed by atoms with E-state index in [2.05, 4.69) is 19.6 Å². The molecule has 2 aromatic heterocycles. The second kappa shape index (κ2) is 9.51. The van der Waals surface area contributed by atoms with Crippen LogP contribution in [0.15, 0.2) is 94.9 Å². The van der Waals surface area contributed by atoms with Crippen molar-refractivity contribution >= 4 is 50.7 Å². The molecular weight excluding hydrogens is 484 g/mol. The SMILES string of the molecule is Cc1ccc(OCCn2cc(/C=C3\C(=N)N4N=C(c5cccnc5)SC4=NC3=O)c3ccccc32)cc1. The molecule has 0 aliphatic carbocycles. The molecule has 4 heterocycles. The monoisotopic (exact) mass is 506 g/mol. The predicted octanol–water partition coefficient (Wildman–Crippen LogP) is 5.09. The molecule has 0 saturated carbocycles. The van der Waals surface area contributed by atoms with Crippen molar-refractivity contribution in [1.29, 1.82) is 5.41 Å². The van der Waals surface area contributed by atoms with Crippen LogP contribution in [0.1, 0.15) is 16.7 Å². The summed E-state index contributed by atoms with van der Waals surface area (Å²) in [4.78, 5) is 21.3. The summed E-state index contributed by atoms with van der Waals surface area (Å²) in [5, 5.41) is 16.7. The molecule has 8 nitrogen and oxygen atoms in total. The third kappa shape index (κ3) is 4.45. The van der Waals surface area contributed by atoms with Gasteiger partial charge < -0.3 is 9.30 Å². The Kier molecular flexibility index (Phi) is 5.90. The first-order valence-corrected chi connectivity index (χ1v) is 12.6. The minimum Gasteiger partial charge on any atom is -0.492 e. The molecule has 0 unspecified atom stereocenters. The fraction of sp³-hybridized carbons (Fsp3) is 0.107. The van der Waals surface area contributed by atoms with Crippen LogP contribution in [0.2, 0.25) is 0 Å². The van der Waals surface area contributed by atoms with Gasteiger partial charge in [-0.3, -0.25) is 15.2 Å². The number of carbonyl (C=O) groups is 1. The van der Waals surface area contributed by atoms with Gasteiger partial charge in [0.1, 0.15) is 17.4 Å². The number of pyridine rings is 1. The van der Waals surface area contributed by atoms with Gasteiger partial charge in [0.15, 0.2) is 5.84 Å². The number of rotatable bonds is 6. The maximum Gasteiger partial charge on any atom is 0.283 e. The van der Waals surface area contributed by atoms with Crippen molar-refractivity contribution in [2.75, 3.05) is 6.61 Å². The summed E-state index contributed by atoms with van der Waals surface area (Å²) in [5.74, 6) is 0.376. The van der Waals surface area contributed by atoms with Gasteiger partial charge in [-0.1, -0.05) is 35.9 Å². The highest BCUT2D eigenvalue weighted by Crippen LogP contribution is 2.32. The molecule has 1 amide bonds. The number of aryl methyl sites for hydroxylation is 1.